The van der Waals surface area contributed by atoms with Crippen molar-refractivity contribution in [2.45, 2.75) is 31.8 Å². The smallest absolute Gasteiger partial charge is 0.338 e. The Bertz CT molecular complexity index is 466. The highest BCUT2D eigenvalue weighted by Crippen LogP contribution is 2.26. The van der Waals surface area contributed by atoms with E-state index in [1.165, 1.54) is 0 Å². The lowest BCUT2D eigenvalue weighted by Crippen LogP contribution is -2.27. The van der Waals surface area contributed by atoms with Gasteiger partial charge in [-0.25, -0.2) is 4.79 Å². The van der Waals surface area contributed by atoms with Crippen molar-refractivity contribution in [1.29, 1.82) is 0 Å². The Labute approximate surface area is 113 Å². The van der Waals surface area contributed by atoms with Gasteiger partial charge >= 0.3 is 5.97 Å². The number of hydrogen-bond donors (Lipinski definition) is 1. The highest BCUT2D eigenvalue weighted by molar-refractivity contribution is 5.93. The van der Waals surface area contributed by atoms with Gasteiger partial charge in [0.05, 0.1) is 18.8 Å². The van der Waals surface area contributed by atoms with E-state index in [-0.39, 0.29) is 12.1 Å². The molecule has 0 amide bonds. The van der Waals surface area contributed by atoms with Gasteiger partial charge in [-0.05, 0) is 30.5 Å². The SMILES string of the molecule is O=C(OC1CCOCC1)c1cccc2c1CCCN2. The minimum absolute atomic E-state index is 0.00801. The Balaban J connectivity index is 1.75. The number of benzene rings is 1. The molecule has 0 saturated carbocycles. The molecule has 1 aromatic carbocycles. The zero-order chi connectivity index (χ0) is 13.1. The molecule has 2 aliphatic rings. The predicted molar refractivity (Wildman–Crippen MR) is 72.5 cm³/mol. The van der Waals surface area contributed by atoms with E-state index < -0.39 is 0 Å². The van der Waals surface area contributed by atoms with Crippen molar-refractivity contribution in [1.82, 2.24) is 0 Å². The van der Waals surface area contributed by atoms with Crippen LogP contribution < -0.4 is 5.32 Å². The van der Waals surface area contributed by atoms with Gasteiger partial charge in [0.2, 0.25) is 0 Å². The minimum atomic E-state index is -0.188. The van der Waals surface area contributed by atoms with Crippen LogP contribution in [-0.4, -0.2) is 31.8 Å². The lowest BCUT2D eigenvalue weighted by atomic mass is 9.97. The first-order valence-electron chi connectivity index (χ1n) is 6.99. The number of anilines is 1. The topological polar surface area (TPSA) is 47.6 Å². The normalized spacial score (nSPS) is 19.4. The lowest BCUT2D eigenvalue weighted by molar-refractivity contribution is -0.0159. The third-order valence-electron chi connectivity index (χ3n) is 3.76. The molecule has 0 radical (unpaired) electrons. The van der Waals surface area contributed by atoms with Crippen molar-refractivity contribution in [2.24, 2.45) is 0 Å². The van der Waals surface area contributed by atoms with Crippen LogP contribution in [0.1, 0.15) is 35.2 Å². The van der Waals surface area contributed by atoms with E-state index in [0.29, 0.717) is 13.2 Å². The third-order valence-corrected chi connectivity index (χ3v) is 3.76. The average Bonchev–Trinajstić information content (AvgIpc) is 2.47. The number of carbonyl (C=O) groups is 1. The highest BCUT2D eigenvalue weighted by atomic mass is 16.6. The summed E-state index contributed by atoms with van der Waals surface area (Å²) in [4.78, 5) is 12.3. The molecule has 1 N–H and O–H groups in total. The van der Waals surface area contributed by atoms with Crippen molar-refractivity contribution >= 4 is 11.7 Å². The van der Waals surface area contributed by atoms with Gasteiger partial charge < -0.3 is 14.8 Å². The third kappa shape index (κ3) is 2.73. The van der Waals surface area contributed by atoms with Crippen LogP contribution in [0.15, 0.2) is 18.2 Å². The van der Waals surface area contributed by atoms with Crippen LogP contribution in [0.25, 0.3) is 0 Å². The van der Waals surface area contributed by atoms with Crippen molar-refractivity contribution in [3.05, 3.63) is 29.3 Å². The first kappa shape index (κ1) is 12.5. The first-order valence-corrected chi connectivity index (χ1v) is 6.99. The number of hydrogen-bond acceptors (Lipinski definition) is 4. The molecule has 1 fully saturated rings. The van der Waals surface area contributed by atoms with Crippen molar-refractivity contribution in [3.8, 4) is 0 Å². The molecule has 1 saturated heterocycles. The second kappa shape index (κ2) is 5.61. The lowest BCUT2D eigenvalue weighted by Gasteiger charge is -2.24. The Kier molecular flexibility index (Phi) is 3.69. The predicted octanol–water partition coefficient (Wildman–Crippen LogP) is 2.38. The van der Waals surface area contributed by atoms with Gasteiger partial charge in [-0.3, -0.25) is 0 Å². The molecule has 0 unspecified atom stereocenters. The summed E-state index contributed by atoms with van der Waals surface area (Å²) in [7, 11) is 0. The molecule has 102 valence electrons. The van der Waals surface area contributed by atoms with Gasteiger partial charge in [0.1, 0.15) is 6.10 Å². The molecule has 4 nitrogen and oxygen atoms in total. The summed E-state index contributed by atoms with van der Waals surface area (Å²) in [6.45, 7) is 2.35. The Morgan fingerprint density at radius 2 is 2.16 bits per heavy atom. The summed E-state index contributed by atoms with van der Waals surface area (Å²) < 4.78 is 10.9. The standard InChI is InChI=1S/C15H19NO3/c17-15(19-11-6-9-18-10-7-11)13-3-1-5-14-12(13)4-2-8-16-14/h1,3,5,11,16H,2,4,6-10H2. The fourth-order valence-electron chi connectivity index (χ4n) is 2.71. The number of rotatable bonds is 2. The number of carbonyl (C=O) groups excluding carboxylic acids is 1. The van der Waals surface area contributed by atoms with Gasteiger partial charge in [-0.1, -0.05) is 6.07 Å². The molecule has 0 aliphatic carbocycles. The second-order valence-electron chi connectivity index (χ2n) is 5.08. The molecular weight excluding hydrogens is 242 g/mol. The summed E-state index contributed by atoms with van der Waals surface area (Å²) in [5.41, 5.74) is 2.90. The molecule has 2 heterocycles. The second-order valence-corrected chi connectivity index (χ2v) is 5.08. The molecule has 3 rings (SSSR count). The maximum absolute atomic E-state index is 12.3. The van der Waals surface area contributed by atoms with Gasteiger partial charge in [0.15, 0.2) is 0 Å². The molecule has 4 heteroatoms. The van der Waals surface area contributed by atoms with Crippen molar-refractivity contribution in [2.75, 3.05) is 25.1 Å². The Hall–Kier alpha value is -1.55. The maximum Gasteiger partial charge on any atom is 0.338 e. The minimum Gasteiger partial charge on any atom is -0.459 e. The monoisotopic (exact) mass is 261 g/mol. The zero-order valence-electron chi connectivity index (χ0n) is 11.0. The Morgan fingerprint density at radius 1 is 1.32 bits per heavy atom. The van der Waals surface area contributed by atoms with Gasteiger partial charge in [0, 0.05) is 25.1 Å². The average molecular weight is 261 g/mol. The van der Waals surface area contributed by atoms with Crippen LogP contribution in [0.5, 0.6) is 0 Å². The first-order chi connectivity index (χ1) is 9.34. The van der Waals surface area contributed by atoms with E-state index >= 15 is 0 Å². The number of esters is 1. The summed E-state index contributed by atoms with van der Waals surface area (Å²) in [6, 6.07) is 5.81. The number of ether oxygens (including phenoxy) is 2. The molecule has 0 spiro atoms. The summed E-state index contributed by atoms with van der Waals surface area (Å²) in [5.74, 6) is -0.188. The molecule has 2 aliphatic heterocycles. The van der Waals surface area contributed by atoms with Crippen LogP contribution in [-0.2, 0) is 15.9 Å². The van der Waals surface area contributed by atoms with Crippen LogP contribution in [0.2, 0.25) is 0 Å². The number of nitrogens with one attached hydrogen (secondary N) is 1. The van der Waals surface area contributed by atoms with Crippen LogP contribution >= 0.6 is 0 Å². The van der Waals surface area contributed by atoms with E-state index in [0.717, 1.165) is 49.0 Å². The van der Waals surface area contributed by atoms with Crippen LogP contribution in [0.4, 0.5) is 5.69 Å². The van der Waals surface area contributed by atoms with E-state index in [9.17, 15) is 4.79 Å². The Morgan fingerprint density at radius 3 is 3.00 bits per heavy atom. The maximum atomic E-state index is 12.3. The molecule has 1 aromatic rings. The van der Waals surface area contributed by atoms with Crippen molar-refractivity contribution in [3.63, 3.8) is 0 Å². The van der Waals surface area contributed by atoms with Crippen LogP contribution in [0.3, 0.4) is 0 Å². The molecule has 0 aromatic heterocycles. The zero-order valence-corrected chi connectivity index (χ0v) is 11.0. The van der Waals surface area contributed by atoms with E-state index in [1.54, 1.807) is 0 Å². The highest BCUT2D eigenvalue weighted by Gasteiger charge is 2.22. The van der Waals surface area contributed by atoms with E-state index in [1.807, 2.05) is 18.2 Å². The fraction of sp³-hybridized carbons (Fsp3) is 0.533. The van der Waals surface area contributed by atoms with Gasteiger partial charge in [0.25, 0.3) is 0 Å². The summed E-state index contributed by atoms with van der Waals surface area (Å²) in [6.07, 6.45) is 3.63. The molecule has 0 atom stereocenters. The van der Waals surface area contributed by atoms with Gasteiger partial charge in [-0.2, -0.15) is 0 Å². The van der Waals surface area contributed by atoms with Crippen LogP contribution in [0, 0.1) is 0 Å². The summed E-state index contributed by atoms with van der Waals surface area (Å²) >= 11 is 0. The van der Waals surface area contributed by atoms with Gasteiger partial charge in [-0.15, -0.1) is 0 Å². The fourth-order valence-corrected chi connectivity index (χ4v) is 2.71. The van der Waals surface area contributed by atoms with E-state index in [4.69, 9.17) is 9.47 Å². The molecular formula is C15H19NO3. The summed E-state index contributed by atoms with van der Waals surface area (Å²) in [5, 5.41) is 3.33. The van der Waals surface area contributed by atoms with E-state index in [2.05, 4.69) is 5.32 Å². The molecule has 0 bridgehead atoms. The number of fused-ring (bicyclic) bond motifs is 1. The van der Waals surface area contributed by atoms with Crippen molar-refractivity contribution < 1.29 is 14.3 Å². The molecule has 19 heavy (non-hydrogen) atoms. The largest absolute Gasteiger partial charge is 0.459 e. The quantitative estimate of drug-likeness (QED) is 0.830.